The number of amides is 2. The first-order valence-corrected chi connectivity index (χ1v) is 6.92. The molecule has 1 aromatic heterocycles. The van der Waals surface area contributed by atoms with Crippen molar-refractivity contribution in [1.29, 1.82) is 0 Å². The molecule has 4 N–H and O–H groups in total. The SMILES string of the molecule is COc1cc(OC)cc(C(=O)NCCNC(=O)c2nonc2N)c1. The van der Waals surface area contributed by atoms with Crippen molar-refractivity contribution in [3.63, 3.8) is 0 Å². The molecular weight excluding hydrogens is 318 g/mol. The van der Waals surface area contributed by atoms with Gasteiger partial charge in [-0.15, -0.1) is 0 Å². The topological polar surface area (TPSA) is 142 Å². The van der Waals surface area contributed by atoms with Crippen LogP contribution in [0.25, 0.3) is 0 Å². The predicted octanol–water partition coefficient (Wildman–Crippen LogP) is -0.171. The van der Waals surface area contributed by atoms with Crippen molar-refractivity contribution in [2.24, 2.45) is 0 Å². The molecule has 10 heteroatoms. The molecule has 2 amide bonds. The standard InChI is InChI=1S/C14H17N5O5/c1-22-9-5-8(6-10(7-9)23-2)13(20)16-3-4-17-14(21)11-12(15)19-24-18-11/h5-7H,3-4H2,1-2H3,(H2,15,19)(H,16,20)(H,17,21). The Morgan fingerprint density at radius 3 is 2.12 bits per heavy atom. The van der Waals surface area contributed by atoms with Gasteiger partial charge in [0.1, 0.15) is 11.5 Å². The van der Waals surface area contributed by atoms with Crippen LogP contribution in [0.2, 0.25) is 0 Å². The lowest BCUT2D eigenvalue weighted by atomic mass is 10.2. The molecule has 0 radical (unpaired) electrons. The van der Waals surface area contributed by atoms with E-state index in [1.54, 1.807) is 18.2 Å². The van der Waals surface area contributed by atoms with Crippen LogP contribution in [0.15, 0.2) is 22.8 Å². The van der Waals surface area contributed by atoms with E-state index >= 15 is 0 Å². The Hall–Kier alpha value is -3.30. The third-order valence-corrected chi connectivity index (χ3v) is 3.04. The van der Waals surface area contributed by atoms with Crippen LogP contribution >= 0.6 is 0 Å². The molecule has 24 heavy (non-hydrogen) atoms. The molecule has 0 spiro atoms. The van der Waals surface area contributed by atoms with Gasteiger partial charge in [-0.05, 0) is 22.4 Å². The largest absolute Gasteiger partial charge is 0.497 e. The van der Waals surface area contributed by atoms with E-state index in [2.05, 4.69) is 25.6 Å². The average Bonchev–Trinajstić information content (AvgIpc) is 3.03. The Bertz CT molecular complexity index is 708. The smallest absolute Gasteiger partial charge is 0.277 e. The number of anilines is 1. The maximum atomic E-state index is 12.1. The van der Waals surface area contributed by atoms with Crippen LogP contribution in [-0.4, -0.2) is 49.4 Å². The molecule has 10 nitrogen and oxygen atoms in total. The first-order chi connectivity index (χ1) is 11.5. The van der Waals surface area contributed by atoms with E-state index in [0.29, 0.717) is 17.1 Å². The Labute approximate surface area is 137 Å². The van der Waals surface area contributed by atoms with Crippen molar-refractivity contribution in [1.82, 2.24) is 20.9 Å². The van der Waals surface area contributed by atoms with E-state index < -0.39 is 5.91 Å². The van der Waals surface area contributed by atoms with E-state index in [0.717, 1.165) is 0 Å². The lowest BCUT2D eigenvalue weighted by molar-refractivity contribution is 0.0922. The van der Waals surface area contributed by atoms with Gasteiger partial charge in [-0.3, -0.25) is 9.59 Å². The summed E-state index contributed by atoms with van der Waals surface area (Å²) in [6, 6.07) is 4.82. The second-order valence-corrected chi connectivity index (χ2v) is 4.61. The summed E-state index contributed by atoms with van der Waals surface area (Å²) in [6.45, 7) is 0.382. The molecule has 1 heterocycles. The van der Waals surface area contributed by atoms with Crippen LogP contribution < -0.4 is 25.8 Å². The van der Waals surface area contributed by atoms with Crippen LogP contribution in [0.1, 0.15) is 20.8 Å². The highest BCUT2D eigenvalue weighted by atomic mass is 16.6. The normalized spacial score (nSPS) is 10.1. The molecule has 2 aromatic rings. The molecule has 0 saturated carbocycles. The molecule has 0 unspecified atom stereocenters. The van der Waals surface area contributed by atoms with E-state index in [1.165, 1.54) is 14.2 Å². The molecule has 1 aromatic carbocycles. The number of nitrogen functional groups attached to an aromatic ring is 1. The van der Waals surface area contributed by atoms with Crippen molar-refractivity contribution in [3.8, 4) is 11.5 Å². The van der Waals surface area contributed by atoms with Crippen LogP contribution in [0, 0.1) is 0 Å². The molecule has 0 aliphatic carbocycles. The van der Waals surface area contributed by atoms with Gasteiger partial charge in [0, 0.05) is 24.7 Å². The summed E-state index contributed by atoms with van der Waals surface area (Å²) in [7, 11) is 2.99. The van der Waals surface area contributed by atoms with Gasteiger partial charge >= 0.3 is 0 Å². The average molecular weight is 335 g/mol. The number of nitrogens with one attached hydrogen (secondary N) is 2. The predicted molar refractivity (Wildman–Crippen MR) is 82.9 cm³/mol. The van der Waals surface area contributed by atoms with Crippen molar-refractivity contribution in [2.75, 3.05) is 33.0 Å². The van der Waals surface area contributed by atoms with Crippen molar-refractivity contribution < 1.29 is 23.7 Å². The number of rotatable bonds is 7. The summed E-state index contributed by atoms with van der Waals surface area (Å²) >= 11 is 0. The second kappa shape index (κ2) is 7.81. The highest BCUT2D eigenvalue weighted by molar-refractivity contribution is 5.96. The lowest BCUT2D eigenvalue weighted by Gasteiger charge is -2.09. The zero-order valence-electron chi connectivity index (χ0n) is 13.2. The van der Waals surface area contributed by atoms with Crippen molar-refractivity contribution in [3.05, 3.63) is 29.5 Å². The molecule has 0 saturated heterocycles. The number of nitrogens with zero attached hydrogens (tertiary/aromatic N) is 2. The third kappa shape index (κ3) is 4.12. The highest BCUT2D eigenvalue weighted by Crippen LogP contribution is 2.22. The van der Waals surface area contributed by atoms with Crippen molar-refractivity contribution >= 4 is 17.6 Å². The Kier molecular flexibility index (Phi) is 5.55. The van der Waals surface area contributed by atoms with Gasteiger partial charge in [0.05, 0.1) is 14.2 Å². The summed E-state index contributed by atoms with van der Waals surface area (Å²) in [4.78, 5) is 23.8. The van der Waals surface area contributed by atoms with Gasteiger partial charge < -0.3 is 25.8 Å². The highest BCUT2D eigenvalue weighted by Gasteiger charge is 2.15. The number of carbonyl (C=O) groups is 2. The van der Waals surface area contributed by atoms with Crippen LogP contribution in [0.5, 0.6) is 11.5 Å². The number of hydrogen-bond acceptors (Lipinski definition) is 8. The van der Waals surface area contributed by atoms with Gasteiger partial charge in [-0.1, -0.05) is 0 Å². The molecule has 128 valence electrons. The zero-order valence-corrected chi connectivity index (χ0v) is 13.2. The number of benzene rings is 1. The number of aromatic nitrogens is 2. The number of ether oxygens (including phenoxy) is 2. The van der Waals surface area contributed by atoms with E-state index in [-0.39, 0.29) is 30.5 Å². The fourth-order valence-corrected chi connectivity index (χ4v) is 1.83. The molecule has 0 aliphatic rings. The minimum Gasteiger partial charge on any atom is -0.497 e. The Balaban J connectivity index is 1.85. The summed E-state index contributed by atoms with van der Waals surface area (Å²) in [6.07, 6.45) is 0. The Morgan fingerprint density at radius 2 is 1.62 bits per heavy atom. The first kappa shape index (κ1) is 17.1. The maximum Gasteiger partial charge on any atom is 0.277 e. The minimum atomic E-state index is -0.536. The molecule has 0 atom stereocenters. The Morgan fingerprint density at radius 1 is 1.04 bits per heavy atom. The summed E-state index contributed by atoms with van der Waals surface area (Å²) < 4.78 is 14.5. The zero-order chi connectivity index (χ0) is 17.5. The molecule has 0 bridgehead atoms. The quantitative estimate of drug-likeness (QED) is 0.592. The molecule has 0 aliphatic heterocycles. The maximum absolute atomic E-state index is 12.1. The summed E-state index contributed by atoms with van der Waals surface area (Å²) in [5, 5.41) is 11.9. The van der Waals surface area contributed by atoms with Crippen molar-refractivity contribution in [2.45, 2.75) is 0 Å². The molecule has 2 rings (SSSR count). The van der Waals surface area contributed by atoms with Crippen LogP contribution in [0.3, 0.4) is 0 Å². The van der Waals surface area contributed by atoms with Gasteiger partial charge in [-0.2, -0.15) is 0 Å². The summed E-state index contributed by atoms with van der Waals surface area (Å²) in [5.74, 6) is 0.0405. The number of nitrogens with two attached hydrogens (primary N) is 1. The second-order valence-electron chi connectivity index (χ2n) is 4.61. The fourth-order valence-electron chi connectivity index (χ4n) is 1.83. The number of carbonyl (C=O) groups excluding carboxylic acids is 2. The van der Waals surface area contributed by atoms with Gasteiger partial charge in [0.15, 0.2) is 0 Å². The summed E-state index contributed by atoms with van der Waals surface area (Å²) in [5.41, 5.74) is 5.68. The lowest BCUT2D eigenvalue weighted by Crippen LogP contribution is -2.35. The fraction of sp³-hybridized carbons (Fsp3) is 0.286. The van der Waals surface area contributed by atoms with Crippen LogP contribution in [0.4, 0.5) is 5.82 Å². The monoisotopic (exact) mass is 335 g/mol. The van der Waals surface area contributed by atoms with Gasteiger partial charge in [0.2, 0.25) is 11.5 Å². The van der Waals surface area contributed by atoms with E-state index in [4.69, 9.17) is 15.2 Å². The van der Waals surface area contributed by atoms with Gasteiger partial charge in [-0.25, -0.2) is 4.63 Å². The molecular formula is C14H17N5O5. The minimum absolute atomic E-state index is 0.0972. The third-order valence-electron chi connectivity index (χ3n) is 3.04. The number of hydrogen-bond donors (Lipinski definition) is 3. The van der Waals surface area contributed by atoms with E-state index in [1.807, 2.05) is 0 Å². The first-order valence-electron chi connectivity index (χ1n) is 6.92. The van der Waals surface area contributed by atoms with Crippen LogP contribution in [-0.2, 0) is 0 Å². The number of methoxy groups -OCH3 is 2. The van der Waals surface area contributed by atoms with E-state index in [9.17, 15) is 9.59 Å². The molecule has 0 fully saturated rings. The van der Waals surface area contributed by atoms with Gasteiger partial charge in [0.25, 0.3) is 11.8 Å².